The van der Waals surface area contributed by atoms with Crippen LogP contribution >= 0.6 is 0 Å². The number of aromatic nitrogens is 6. The number of tetrazole rings is 1. The highest BCUT2D eigenvalue weighted by atomic mass is 16.5. The first kappa shape index (κ1) is 14.1. The number of aryl methyl sites for hydroxylation is 2. The molecule has 8 nitrogen and oxygen atoms in total. The van der Waals surface area contributed by atoms with Crippen molar-refractivity contribution in [2.75, 3.05) is 0 Å². The second kappa shape index (κ2) is 6.34. The van der Waals surface area contributed by atoms with Crippen LogP contribution in [0.2, 0.25) is 0 Å². The Hall–Kier alpha value is -3.47. The lowest BCUT2D eigenvalue weighted by atomic mass is 10.2. The molecular weight excluding hydrogens is 308 g/mol. The molecule has 3 rings (SSSR count). The van der Waals surface area contributed by atoms with Crippen molar-refractivity contribution in [3.63, 3.8) is 0 Å². The van der Waals surface area contributed by atoms with E-state index in [1.165, 1.54) is 13.2 Å². The van der Waals surface area contributed by atoms with Crippen LogP contribution in [0.15, 0.2) is 35.2 Å². The molecular formula is C16H14N6O2. The zero-order valence-corrected chi connectivity index (χ0v) is 13.1. The molecule has 0 bridgehead atoms. The van der Waals surface area contributed by atoms with Gasteiger partial charge in [0.05, 0.1) is 13.1 Å². The summed E-state index contributed by atoms with van der Waals surface area (Å²) in [6.45, 7) is 1.90. The Bertz CT molecular complexity index is 1030. The first-order valence-electron chi connectivity index (χ1n) is 7.52. The Labute approximate surface area is 139 Å². The van der Waals surface area contributed by atoms with Crippen LogP contribution in [-0.4, -0.2) is 30.0 Å². The van der Waals surface area contributed by atoms with Gasteiger partial charge >= 0.3 is 5.69 Å². The van der Waals surface area contributed by atoms with Crippen molar-refractivity contribution in [1.29, 1.82) is 0 Å². The highest BCUT2D eigenvalue weighted by Crippen LogP contribution is 2.20. The largest absolute Gasteiger partial charge is 0.488 e. The molecule has 0 aliphatic heterocycles. The first-order valence-corrected chi connectivity index (χ1v) is 7.02. The molecule has 0 atom stereocenters. The summed E-state index contributed by atoms with van der Waals surface area (Å²) in [4.78, 5) is 12.1. The number of nitrogens with zero attached hydrogens (tertiary/aromatic N) is 6. The minimum atomic E-state index is -0.438. The quantitative estimate of drug-likeness (QED) is 0.654. The first-order chi connectivity index (χ1) is 12.0. The van der Waals surface area contributed by atoms with E-state index in [1.54, 1.807) is 18.2 Å². The van der Waals surface area contributed by atoms with Crippen LogP contribution in [0.25, 0.3) is 5.69 Å². The van der Waals surface area contributed by atoms with Gasteiger partial charge in [-0.1, -0.05) is 18.2 Å². The fourth-order valence-electron chi connectivity index (χ4n) is 2.12. The maximum atomic E-state index is 12.1. The summed E-state index contributed by atoms with van der Waals surface area (Å²) in [5.41, 5.74) is 1.48. The van der Waals surface area contributed by atoms with Gasteiger partial charge in [0, 0.05) is 7.05 Å². The van der Waals surface area contributed by atoms with E-state index in [4.69, 9.17) is 12.5 Å². The highest BCUT2D eigenvalue weighted by Gasteiger charge is 2.16. The maximum absolute atomic E-state index is 12.1. The van der Waals surface area contributed by atoms with Crippen LogP contribution in [0.3, 0.4) is 0 Å². The molecule has 0 amide bonds. The zero-order valence-electron chi connectivity index (χ0n) is 14.1. The van der Waals surface area contributed by atoms with Crippen LogP contribution in [-0.2, 0) is 13.7 Å². The van der Waals surface area contributed by atoms with Crippen molar-refractivity contribution in [2.24, 2.45) is 7.05 Å². The molecule has 3 aromatic rings. The van der Waals surface area contributed by atoms with Gasteiger partial charge in [-0.2, -0.15) is 14.5 Å². The fraction of sp³-hybridized carbons (Fsp3) is 0.188. The number of benzene rings is 1. The van der Waals surface area contributed by atoms with E-state index < -0.39 is 5.69 Å². The number of para-hydroxylation sites is 1. The monoisotopic (exact) mass is 324 g/mol. The van der Waals surface area contributed by atoms with Crippen LogP contribution in [0.4, 0.5) is 0 Å². The van der Waals surface area contributed by atoms with E-state index in [0.717, 1.165) is 14.9 Å². The molecule has 0 N–H and O–H groups in total. The normalized spacial score (nSPS) is 11.0. The topological polar surface area (TPSA) is 87.7 Å². The van der Waals surface area contributed by atoms with E-state index in [1.807, 2.05) is 6.92 Å². The predicted octanol–water partition coefficient (Wildman–Crippen LogP) is 0.625. The second-order valence-corrected chi connectivity index (χ2v) is 4.98. The minimum Gasteiger partial charge on any atom is -0.488 e. The van der Waals surface area contributed by atoms with Gasteiger partial charge in [0.15, 0.2) is 0 Å². The summed E-state index contributed by atoms with van der Waals surface area (Å²) in [5, 5.41) is 15.2. The van der Waals surface area contributed by atoms with E-state index in [0.29, 0.717) is 23.0 Å². The molecule has 0 saturated heterocycles. The third-order valence-electron chi connectivity index (χ3n) is 3.41. The van der Waals surface area contributed by atoms with Gasteiger partial charge in [-0.15, -0.1) is 11.5 Å². The van der Waals surface area contributed by atoms with Gasteiger partial charge < -0.3 is 4.74 Å². The van der Waals surface area contributed by atoms with Crippen LogP contribution < -0.4 is 10.4 Å². The standard InChI is InChI=1S/C16H14N6O2/c1-4-13-12(10-24-15-8-6-5-7-11(15)2)14(9-17-18-13)22-16(23)21(3)19-20-22/h1,5-9H,10H2,2-3H3/i5T. The summed E-state index contributed by atoms with van der Waals surface area (Å²) >= 11 is 0. The Morgan fingerprint density at radius 3 is 2.92 bits per heavy atom. The summed E-state index contributed by atoms with van der Waals surface area (Å²) in [5.74, 6) is 3.04. The van der Waals surface area contributed by atoms with Gasteiger partial charge in [-0.25, -0.2) is 4.79 Å². The molecule has 0 saturated carbocycles. The molecule has 120 valence electrons. The number of ether oxygens (including phenoxy) is 1. The number of terminal acetylenes is 1. The fourth-order valence-corrected chi connectivity index (χ4v) is 2.12. The Morgan fingerprint density at radius 1 is 1.42 bits per heavy atom. The van der Waals surface area contributed by atoms with Crippen molar-refractivity contribution >= 4 is 0 Å². The predicted molar refractivity (Wildman–Crippen MR) is 85.6 cm³/mol. The van der Waals surface area contributed by atoms with Crippen LogP contribution in [0, 0.1) is 19.3 Å². The molecule has 2 aromatic heterocycles. The van der Waals surface area contributed by atoms with Gasteiger partial charge in [0.1, 0.15) is 23.7 Å². The van der Waals surface area contributed by atoms with E-state index in [-0.39, 0.29) is 12.3 Å². The molecule has 24 heavy (non-hydrogen) atoms. The molecule has 0 unspecified atom stereocenters. The number of hydrogen-bond donors (Lipinski definition) is 0. The molecule has 0 spiro atoms. The van der Waals surface area contributed by atoms with E-state index >= 15 is 0 Å². The second-order valence-electron chi connectivity index (χ2n) is 4.98. The van der Waals surface area contributed by atoms with Crippen molar-refractivity contribution in [3.05, 3.63) is 57.7 Å². The maximum Gasteiger partial charge on any atom is 0.368 e. The zero-order chi connectivity index (χ0) is 18.0. The third kappa shape index (κ3) is 2.75. The van der Waals surface area contributed by atoms with Crippen molar-refractivity contribution in [2.45, 2.75) is 13.5 Å². The molecule has 8 heteroatoms. The van der Waals surface area contributed by atoms with E-state index in [2.05, 4.69) is 26.5 Å². The van der Waals surface area contributed by atoms with Gasteiger partial charge in [-0.05, 0) is 34.9 Å². The lowest BCUT2D eigenvalue weighted by Gasteiger charge is -2.12. The highest BCUT2D eigenvalue weighted by molar-refractivity contribution is 5.46. The average Bonchev–Trinajstić information content (AvgIpc) is 2.93. The van der Waals surface area contributed by atoms with Crippen LogP contribution in [0.1, 0.15) is 18.2 Å². The molecule has 0 fully saturated rings. The lowest BCUT2D eigenvalue weighted by molar-refractivity contribution is 0.302. The van der Waals surface area contributed by atoms with Crippen molar-refractivity contribution in [1.82, 2.24) is 30.0 Å². The Morgan fingerprint density at radius 2 is 2.25 bits per heavy atom. The summed E-state index contributed by atoms with van der Waals surface area (Å²) in [6, 6.07) is 5.42. The van der Waals surface area contributed by atoms with Crippen LogP contribution in [0.5, 0.6) is 5.75 Å². The summed E-state index contributed by atoms with van der Waals surface area (Å²) in [6.07, 6.45) is 6.88. The summed E-state index contributed by atoms with van der Waals surface area (Å²) < 4.78 is 15.6. The lowest BCUT2D eigenvalue weighted by Crippen LogP contribution is -2.24. The molecule has 0 aliphatic carbocycles. The summed E-state index contributed by atoms with van der Waals surface area (Å²) in [7, 11) is 1.49. The number of hydrogen-bond acceptors (Lipinski definition) is 6. The molecule has 0 aliphatic rings. The Kier molecular flexibility index (Phi) is 3.73. The van der Waals surface area contributed by atoms with Crippen molar-refractivity contribution in [3.8, 4) is 23.8 Å². The average molecular weight is 324 g/mol. The third-order valence-corrected chi connectivity index (χ3v) is 3.41. The van der Waals surface area contributed by atoms with E-state index in [9.17, 15) is 4.79 Å². The number of rotatable bonds is 4. The minimum absolute atomic E-state index is 0.0611. The molecule has 1 aromatic carbocycles. The van der Waals surface area contributed by atoms with Gasteiger partial charge in [0.25, 0.3) is 0 Å². The molecule has 0 radical (unpaired) electrons. The van der Waals surface area contributed by atoms with Gasteiger partial charge in [-0.3, -0.25) is 0 Å². The molecule has 2 heterocycles. The van der Waals surface area contributed by atoms with Crippen molar-refractivity contribution < 1.29 is 6.11 Å². The smallest absolute Gasteiger partial charge is 0.368 e. The van der Waals surface area contributed by atoms with Gasteiger partial charge in [0.2, 0.25) is 0 Å². The SMILES string of the molecule is [3H]c1ccc(OCc2c(-n3nnn(C)c3=O)cnnc2C#C)c(C)c1. The Balaban J connectivity index is 2.01.